The molecule has 0 unspecified atom stereocenters. The highest BCUT2D eigenvalue weighted by Gasteiger charge is 2.47. The minimum Gasteiger partial charge on any atom is -0.469 e. The Labute approximate surface area is 124 Å². The Morgan fingerprint density at radius 1 is 1.38 bits per heavy atom. The number of hydrogen-bond donors (Lipinski definition) is 0. The predicted octanol–water partition coefficient (Wildman–Crippen LogP) is 1.70. The van der Waals surface area contributed by atoms with E-state index in [1.54, 1.807) is 12.1 Å². The van der Waals surface area contributed by atoms with E-state index >= 15 is 0 Å². The van der Waals surface area contributed by atoms with Gasteiger partial charge in [0.1, 0.15) is 5.76 Å². The van der Waals surface area contributed by atoms with E-state index in [1.165, 1.54) is 14.2 Å². The molecule has 1 aromatic heterocycles. The van der Waals surface area contributed by atoms with Gasteiger partial charge < -0.3 is 13.9 Å². The molecule has 21 heavy (non-hydrogen) atoms. The maximum atomic E-state index is 11.9. The van der Waals surface area contributed by atoms with Crippen LogP contribution in [0.2, 0.25) is 0 Å². The van der Waals surface area contributed by atoms with E-state index in [9.17, 15) is 9.59 Å². The molecule has 0 saturated carbocycles. The number of carbonyl (C=O) groups excluding carboxylic acids is 2. The number of ether oxygens (including phenoxy) is 2. The van der Waals surface area contributed by atoms with Crippen molar-refractivity contribution in [2.75, 3.05) is 27.3 Å². The largest absolute Gasteiger partial charge is 0.469 e. The summed E-state index contributed by atoms with van der Waals surface area (Å²) in [7, 11) is 2.73. The van der Waals surface area contributed by atoms with E-state index in [0.717, 1.165) is 6.54 Å². The second-order valence-corrected chi connectivity index (χ2v) is 5.74. The summed E-state index contributed by atoms with van der Waals surface area (Å²) >= 11 is 0. The molecule has 6 heteroatoms. The van der Waals surface area contributed by atoms with Crippen molar-refractivity contribution in [1.29, 1.82) is 0 Å². The van der Waals surface area contributed by atoms with E-state index in [1.807, 2.05) is 13.8 Å². The highest BCUT2D eigenvalue weighted by Crippen LogP contribution is 2.37. The van der Waals surface area contributed by atoms with Crippen molar-refractivity contribution in [3.05, 3.63) is 23.7 Å². The Bertz CT molecular complexity index is 538. The van der Waals surface area contributed by atoms with Gasteiger partial charge in [-0.05, 0) is 25.0 Å². The maximum absolute atomic E-state index is 11.9. The van der Waals surface area contributed by atoms with Crippen LogP contribution in [0, 0.1) is 11.3 Å². The van der Waals surface area contributed by atoms with Gasteiger partial charge in [0.15, 0.2) is 0 Å². The molecule has 0 spiro atoms. The summed E-state index contributed by atoms with van der Waals surface area (Å²) in [5, 5.41) is 0. The van der Waals surface area contributed by atoms with E-state index in [2.05, 4.69) is 9.64 Å². The molecule has 116 valence electrons. The molecule has 1 saturated heterocycles. The van der Waals surface area contributed by atoms with Gasteiger partial charge in [-0.15, -0.1) is 0 Å². The van der Waals surface area contributed by atoms with Crippen molar-refractivity contribution in [2.24, 2.45) is 11.3 Å². The lowest BCUT2D eigenvalue weighted by Gasteiger charge is -2.24. The monoisotopic (exact) mass is 295 g/mol. The van der Waals surface area contributed by atoms with Crippen LogP contribution in [-0.2, 0) is 20.8 Å². The first-order valence-corrected chi connectivity index (χ1v) is 6.88. The second-order valence-electron chi connectivity index (χ2n) is 5.74. The lowest BCUT2D eigenvalue weighted by molar-refractivity contribution is -0.152. The molecule has 1 aliphatic rings. The highest BCUT2D eigenvalue weighted by molar-refractivity contribution is 5.86. The highest BCUT2D eigenvalue weighted by atomic mass is 16.5. The van der Waals surface area contributed by atoms with Crippen LogP contribution in [0.4, 0.5) is 0 Å². The third kappa shape index (κ3) is 2.95. The van der Waals surface area contributed by atoms with Crippen molar-refractivity contribution in [3.8, 4) is 0 Å². The van der Waals surface area contributed by atoms with Gasteiger partial charge >= 0.3 is 11.9 Å². The van der Waals surface area contributed by atoms with Crippen LogP contribution in [0.25, 0.3) is 0 Å². The number of hydrogen-bond acceptors (Lipinski definition) is 6. The molecular weight excluding hydrogens is 274 g/mol. The van der Waals surface area contributed by atoms with Gasteiger partial charge in [0, 0.05) is 13.1 Å². The number of nitrogens with zero attached hydrogens (tertiary/aromatic N) is 1. The summed E-state index contributed by atoms with van der Waals surface area (Å²) < 4.78 is 15.0. The van der Waals surface area contributed by atoms with Crippen molar-refractivity contribution in [1.82, 2.24) is 4.90 Å². The molecule has 6 nitrogen and oxygen atoms in total. The molecule has 0 amide bonds. The Kier molecular flexibility index (Phi) is 4.37. The molecule has 0 N–H and O–H groups in total. The molecule has 2 atom stereocenters. The molecular formula is C15H21NO5. The predicted molar refractivity (Wildman–Crippen MR) is 74.6 cm³/mol. The Balaban J connectivity index is 2.04. The zero-order valence-corrected chi connectivity index (χ0v) is 12.8. The lowest BCUT2D eigenvalue weighted by atomic mass is 9.81. The average Bonchev–Trinajstić information content (AvgIpc) is 3.03. The third-order valence-electron chi connectivity index (χ3n) is 4.25. The number of likely N-dealkylation sites (tertiary alicyclic amines) is 1. The van der Waals surface area contributed by atoms with Gasteiger partial charge in [-0.25, -0.2) is 4.79 Å². The maximum Gasteiger partial charge on any atom is 0.373 e. The third-order valence-corrected chi connectivity index (χ3v) is 4.25. The van der Waals surface area contributed by atoms with Gasteiger partial charge in [-0.2, -0.15) is 0 Å². The van der Waals surface area contributed by atoms with Crippen LogP contribution in [0.1, 0.15) is 30.2 Å². The van der Waals surface area contributed by atoms with Gasteiger partial charge in [-0.1, -0.05) is 6.92 Å². The van der Waals surface area contributed by atoms with E-state index in [4.69, 9.17) is 9.15 Å². The van der Waals surface area contributed by atoms with Crippen LogP contribution >= 0.6 is 0 Å². The molecule has 2 heterocycles. The first-order chi connectivity index (χ1) is 9.90. The number of carbonyl (C=O) groups is 2. The fourth-order valence-corrected chi connectivity index (χ4v) is 2.79. The molecule has 2 rings (SSSR count). The number of rotatable bonds is 4. The summed E-state index contributed by atoms with van der Waals surface area (Å²) in [6.07, 6.45) is 0. The van der Waals surface area contributed by atoms with Crippen LogP contribution in [0.5, 0.6) is 0 Å². The van der Waals surface area contributed by atoms with Gasteiger partial charge in [0.05, 0.1) is 26.2 Å². The molecule has 0 aromatic carbocycles. The summed E-state index contributed by atoms with van der Waals surface area (Å²) in [5.41, 5.74) is -0.507. The summed E-state index contributed by atoms with van der Waals surface area (Å²) in [6.45, 7) is 5.90. The average molecular weight is 295 g/mol. The second kappa shape index (κ2) is 5.89. The van der Waals surface area contributed by atoms with Gasteiger partial charge in [0.2, 0.25) is 5.76 Å². The molecule has 1 fully saturated rings. The smallest absolute Gasteiger partial charge is 0.373 e. The summed E-state index contributed by atoms with van der Waals surface area (Å²) in [6, 6.07) is 3.35. The zero-order valence-electron chi connectivity index (χ0n) is 12.8. The lowest BCUT2D eigenvalue weighted by Crippen LogP contribution is -2.36. The van der Waals surface area contributed by atoms with E-state index in [-0.39, 0.29) is 17.6 Å². The molecule has 1 aliphatic heterocycles. The first kappa shape index (κ1) is 15.6. The fourth-order valence-electron chi connectivity index (χ4n) is 2.79. The minimum absolute atomic E-state index is 0.188. The minimum atomic E-state index is -0.507. The standard InChI is InChI=1S/C15H21NO5/c1-10-7-16(9-15(10,2)14(18)20-4)8-11-5-6-12(21-11)13(17)19-3/h5-6,10H,7-9H2,1-4H3/t10-,15-/m1/s1. The summed E-state index contributed by atoms with van der Waals surface area (Å²) in [5.74, 6) is 0.384. The van der Waals surface area contributed by atoms with Crippen LogP contribution in [0.3, 0.4) is 0 Å². The normalized spacial score (nSPS) is 25.8. The number of methoxy groups -OCH3 is 2. The van der Waals surface area contributed by atoms with Crippen molar-refractivity contribution < 1.29 is 23.5 Å². The SMILES string of the molecule is COC(=O)c1ccc(CN2C[C@@H](C)[C@](C)(C(=O)OC)C2)o1. The van der Waals surface area contributed by atoms with Crippen molar-refractivity contribution >= 4 is 11.9 Å². The molecule has 0 bridgehead atoms. The molecule has 1 aromatic rings. The number of esters is 2. The summed E-state index contributed by atoms with van der Waals surface area (Å²) in [4.78, 5) is 25.4. The van der Waals surface area contributed by atoms with E-state index < -0.39 is 11.4 Å². The van der Waals surface area contributed by atoms with Gasteiger partial charge in [-0.3, -0.25) is 9.69 Å². The van der Waals surface area contributed by atoms with Crippen LogP contribution in [-0.4, -0.2) is 44.1 Å². The Hall–Kier alpha value is -1.82. The topological polar surface area (TPSA) is 69.0 Å². The zero-order chi connectivity index (χ0) is 15.6. The first-order valence-electron chi connectivity index (χ1n) is 6.88. The number of furan rings is 1. The molecule has 0 aliphatic carbocycles. The molecule has 0 radical (unpaired) electrons. The van der Waals surface area contributed by atoms with Crippen molar-refractivity contribution in [3.63, 3.8) is 0 Å². The van der Waals surface area contributed by atoms with Crippen LogP contribution in [0.15, 0.2) is 16.5 Å². The Morgan fingerprint density at radius 3 is 2.71 bits per heavy atom. The van der Waals surface area contributed by atoms with E-state index in [0.29, 0.717) is 18.8 Å². The Morgan fingerprint density at radius 2 is 2.10 bits per heavy atom. The van der Waals surface area contributed by atoms with Crippen molar-refractivity contribution in [2.45, 2.75) is 20.4 Å². The quantitative estimate of drug-likeness (QED) is 0.787. The fraction of sp³-hybridized carbons (Fsp3) is 0.600. The van der Waals surface area contributed by atoms with Gasteiger partial charge in [0.25, 0.3) is 0 Å². The van der Waals surface area contributed by atoms with Crippen LogP contribution < -0.4 is 0 Å².